The van der Waals surface area contributed by atoms with E-state index in [9.17, 15) is 14.7 Å². The molecular weight excluding hydrogens is 340 g/mol. The Morgan fingerprint density at radius 1 is 1.36 bits per heavy atom. The maximum absolute atomic E-state index is 12.9. The highest BCUT2D eigenvalue weighted by Gasteiger charge is 2.21. The van der Waals surface area contributed by atoms with Crippen LogP contribution in [0.3, 0.4) is 0 Å². The Morgan fingerprint density at radius 2 is 2.04 bits per heavy atom. The molecule has 0 bridgehead atoms. The van der Waals surface area contributed by atoms with E-state index in [2.05, 4.69) is 4.98 Å². The van der Waals surface area contributed by atoms with Gasteiger partial charge in [-0.1, -0.05) is 12.1 Å². The molecule has 0 saturated carbocycles. The van der Waals surface area contributed by atoms with Crippen molar-refractivity contribution < 1.29 is 14.6 Å². The lowest BCUT2D eigenvalue weighted by molar-refractivity contribution is -0.140. The molecule has 1 N–H and O–H groups in total. The average molecular weight is 358 g/mol. The SMILES string of the molecule is CCOc1ccc(-c2c(C)sc3ncn([C@H](C)C(=O)O)c(=O)c23)cc1. The third-order valence-electron chi connectivity index (χ3n) is 4.04. The molecule has 0 unspecified atom stereocenters. The van der Waals surface area contributed by atoms with Crippen LogP contribution < -0.4 is 10.3 Å². The van der Waals surface area contributed by atoms with E-state index in [4.69, 9.17) is 4.74 Å². The maximum Gasteiger partial charge on any atom is 0.326 e. The summed E-state index contributed by atoms with van der Waals surface area (Å²) < 4.78 is 6.62. The summed E-state index contributed by atoms with van der Waals surface area (Å²) in [7, 11) is 0. The minimum Gasteiger partial charge on any atom is -0.494 e. The van der Waals surface area contributed by atoms with Crippen LogP contribution in [0.1, 0.15) is 24.8 Å². The number of hydrogen-bond donors (Lipinski definition) is 1. The number of carboxylic acid groups (broad SMARTS) is 1. The summed E-state index contributed by atoms with van der Waals surface area (Å²) in [4.78, 5) is 30.0. The molecule has 25 heavy (non-hydrogen) atoms. The lowest BCUT2D eigenvalue weighted by atomic mass is 10.0. The minimum atomic E-state index is -1.07. The lowest BCUT2D eigenvalue weighted by Crippen LogP contribution is -2.28. The number of aromatic nitrogens is 2. The fraction of sp³-hybridized carbons (Fsp3) is 0.278. The van der Waals surface area contributed by atoms with Crippen molar-refractivity contribution in [3.05, 3.63) is 45.8 Å². The van der Waals surface area contributed by atoms with Crippen LogP contribution >= 0.6 is 11.3 Å². The van der Waals surface area contributed by atoms with Crippen LogP contribution in [0.2, 0.25) is 0 Å². The van der Waals surface area contributed by atoms with E-state index in [1.165, 1.54) is 24.6 Å². The highest BCUT2D eigenvalue weighted by molar-refractivity contribution is 7.19. The number of aliphatic carboxylic acids is 1. The van der Waals surface area contributed by atoms with Crippen LogP contribution in [0.5, 0.6) is 5.75 Å². The molecule has 0 radical (unpaired) electrons. The zero-order valence-corrected chi connectivity index (χ0v) is 15.0. The van der Waals surface area contributed by atoms with Gasteiger partial charge in [-0.25, -0.2) is 9.78 Å². The number of fused-ring (bicyclic) bond motifs is 1. The zero-order valence-electron chi connectivity index (χ0n) is 14.1. The van der Waals surface area contributed by atoms with Gasteiger partial charge in [0.2, 0.25) is 0 Å². The van der Waals surface area contributed by atoms with Crippen molar-refractivity contribution in [2.24, 2.45) is 0 Å². The topological polar surface area (TPSA) is 81.4 Å². The second-order valence-electron chi connectivity index (χ2n) is 5.64. The molecule has 0 fully saturated rings. The highest BCUT2D eigenvalue weighted by Crippen LogP contribution is 2.36. The number of carbonyl (C=O) groups is 1. The van der Waals surface area contributed by atoms with Gasteiger partial charge < -0.3 is 9.84 Å². The minimum absolute atomic E-state index is 0.340. The van der Waals surface area contributed by atoms with Gasteiger partial charge in [0.1, 0.15) is 16.6 Å². The van der Waals surface area contributed by atoms with Gasteiger partial charge in [-0.15, -0.1) is 11.3 Å². The summed E-state index contributed by atoms with van der Waals surface area (Å²) in [6.07, 6.45) is 1.31. The van der Waals surface area contributed by atoms with Crippen LogP contribution in [-0.4, -0.2) is 27.2 Å². The summed E-state index contributed by atoms with van der Waals surface area (Å²) >= 11 is 1.43. The van der Waals surface area contributed by atoms with Gasteiger partial charge >= 0.3 is 5.97 Å². The normalized spacial score (nSPS) is 12.3. The number of rotatable bonds is 5. The number of ether oxygens (including phenoxy) is 1. The molecule has 6 nitrogen and oxygen atoms in total. The molecule has 0 amide bonds. The molecule has 130 valence electrons. The predicted molar refractivity (Wildman–Crippen MR) is 97.6 cm³/mol. The van der Waals surface area contributed by atoms with Crippen molar-refractivity contribution in [2.75, 3.05) is 6.61 Å². The monoisotopic (exact) mass is 358 g/mol. The fourth-order valence-electron chi connectivity index (χ4n) is 2.74. The first kappa shape index (κ1) is 17.2. The van der Waals surface area contributed by atoms with Gasteiger partial charge in [-0.3, -0.25) is 9.36 Å². The van der Waals surface area contributed by atoms with Gasteiger partial charge in [0.05, 0.1) is 18.3 Å². The number of benzene rings is 1. The first-order chi connectivity index (χ1) is 11.9. The first-order valence-corrected chi connectivity index (χ1v) is 8.72. The number of nitrogens with zero attached hydrogens (tertiary/aromatic N) is 2. The average Bonchev–Trinajstić information content (AvgIpc) is 2.92. The number of carboxylic acids is 1. The molecule has 0 aliphatic heterocycles. The van der Waals surface area contributed by atoms with Crippen LogP contribution in [0.25, 0.3) is 21.3 Å². The quantitative estimate of drug-likeness (QED) is 0.755. The zero-order chi connectivity index (χ0) is 18.1. The van der Waals surface area contributed by atoms with E-state index in [1.54, 1.807) is 0 Å². The third-order valence-corrected chi connectivity index (χ3v) is 5.06. The van der Waals surface area contributed by atoms with Crippen molar-refractivity contribution in [2.45, 2.75) is 26.8 Å². The van der Waals surface area contributed by atoms with E-state index in [-0.39, 0.29) is 5.56 Å². The van der Waals surface area contributed by atoms with Crippen molar-refractivity contribution >= 4 is 27.5 Å². The number of aryl methyl sites for hydroxylation is 1. The Labute approximate surface area is 148 Å². The predicted octanol–water partition coefficient (Wildman–Crippen LogP) is 3.48. The van der Waals surface area contributed by atoms with Gasteiger partial charge in [0.15, 0.2) is 0 Å². The number of thiophene rings is 1. The lowest BCUT2D eigenvalue weighted by Gasteiger charge is -2.10. The molecule has 3 rings (SSSR count). The van der Waals surface area contributed by atoms with E-state index in [0.717, 1.165) is 26.3 Å². The Hall–Kier alpha value is -2.67. The van der Waals surface area contributed by atoms with Gasteiger partial charge in [0.25, 0.3) is 5.56 Å². The second kappa shape index (κ2) is 6.68. The molecule has 7 heteroatoms. The van der Waals surface area contributed by atoms with Crippen LogP contribution in [0.15, 0.2) is 35.4 Å². The Kier molecular flexibility index (Phi) is 4.59. The van der Waals surface area contributed by atoms with Crippen LogP contribution in [-0.2, 0) is 4.79 Å². The van der Waals surface area contributed by atoms with E-state index >= 15 is 0 Å². The summed E-state index contributed by atoms with van der Waals surface area (Å²) in [5.41, 5.74) is 1.34. The molecule has 3 aromatic rings. The molecule has 0 saturated heterocycles. The smallest absolute Gasteiger partial charge is 0.326 e. The summed E-state index contributed by atoms with van der Waals surface area (Å²) in [5, 5.41) is 9.67. The molecular formula is C18H18N2O4S. The van der Waals surface area contributed by atoms with Crippen molar-refractivity contribution in [1.82, 2.24) is 9.55 Å². The molecule has 0 aliphatic carbocycles. The van der Waals surface area contributed by atoms with Crippen molar-refractivity contribution in [3.8, 4) is 16.9 Å². The van der Waals surface area contributed by atoms with E-state index in [0.29, 0.717) is 16.8 Å². The van der Waals surface area contributed by atoms with Gasteiger partial charge in [0, 0.05) is 10.4 Å². The standard InChI is InChI=1S/C18H18N2O4S/c1-4-24-13-7-5-12(6-8-13)14-11(3)25-16-15(14)17(21)20(9-19-16)10(2)18(22)23/h5-10H,4H2,1-3H3,(H,22,23)/t10-/m1/s1. The fourth-order valence-corrected chi connectivity index (χ4v) is 3.75. The van der Waals surface area contributed by atoms with Crippen molar-refractivity contribution in [3.63, 3.8) is 0 Å². The van der Waals surface area contributed by atoms with Gasteiger partial charge in [-0.2, -0.15) is 0 Å². The van der Waals surface area contributed by atoms with Gasteiger partial charge in [-0.05, 0) is 38.5 Å². The molecule has 2 heterocycles. The highest BCUT2D eigenvalue weighted by atomic mass is 32.1. The second-order valence-corrected chi connectivity index (χ2v) is 6.85. The molecule has 1 aromatic carbocycles. The largest absolute Gasteiger partial charge is 0.494 e. The van der Waals surface area contributed by atoms with Crippen LogP contribution in [0.4, 0.5) is 0 Å². The van der Waals surface area contributed by atoms with E-state index in [1.807, 2.05) is 38.1 Å². The Balaban J connectivity index is 2.21. The number of hydrogen-bond acceptors (Lipinski definition) is 5. The molecule has 0 spiro atoms. The van der Waals surface area contributed by atoms with Crippen molar-refractivity contribution in [1.29, 1.82) is 0 Å². The van der Waals surface area contributed by atoms with E-state index < -0.39 is 12.0 Å². The molecule has 1 atom stereocenters. The Morgan fingerprint density at radius 3 is 2.64 bits per heavy atom. The molecule has 0 aliphatic rings. The third kappa shape index (κ3) is 3.02. The molecule has 2 aromatic heterocycles. The summed E-state index contributed by atoms with van der Waals surface area (Å²) in [5.74, 6) is -0.309. The van der Waals surface area contributed by atoms with Crippen LogP contribution in [0, 0.1) is 6.92 Å². The maximum atomic E-state index is 12.9. The Bertz CT molecular complexity index is 989. The summed E-state index contributed by atoms with van der Waals surface area (Å²) in [6.45, 7) is 5.90. The summed E-state index contributed by atoms with van der Waals surface area (Å²) in [6, 6.07) is 6.54. The first-order valence-electron chi connectivity index (χ1n) is 7.90.